The van der Waals surface area contributed by atoms with Gasteiger partial charge < -0.3 is 14.8 Å². The van der Waals surface area contributed by atoms with E-state index < -0.39 is 40.7 Å². The first kappa shape index (κ1) is 24.3. The van der Waals surface area contributed by atoms with Gasteiger partial charge in [0.2, 0.25) is 0 Å². The van der Waals surface area contributed by atoms with E-state index >= 15 is 0 Å². The molecule has 9 nitrogen and oxygen atoms in total. The molecule has 0 saturated carbocycles. The molecular formula is C20H21ClN2O7S. The van der Waals surface area contributed by atoms with Crippen LogP contribution in [0.4, 0.5) is 10.7 Å². The molecule has 1 aromatic carbocycles. The van der Waals surface area contributed by atoms with Crippen molar-refractivity contribution in [2.24, 2.45) is 0 Å². The molecule has 0 aliphatic carbocycles. The minimum absolute atomic E-state index is 0.0145. The Morgan fingerprint density at radius 2 is 1.68 bits per heavy atom. The topological polar surface area (TPSA) is 125 Å². The van der Waals surface area contributed by atoms with Gasteiger partial charge in [-0.25, -0.2) is 9.59 Å². The molecule has 2 aromatic rings. The van der Waals surface area contributed by atoms with Crippen molar-refractivity contribution in [3.8, 4) is 0 Å². The quantitative estimate of drug-likeness (QED) is 0.344. The molecule has 0 bridgehead atoms. The van der Waals surface area contributed by atoms with Crippen LogP contribution in [0.1, 0.15) is 63.6 Å². The number of benzene rings is 1. The number of nitro groups is 1. The first-order valence-electron chi connectivity index (χ1n) is 9.23. The van der Waals surface area contributed by atoms with Crippen molar-refractivity contribution in [2.45, 2.75) is 46.8 Å². The van der Waals surface area contributed by atoms with E-state index in [1.807, 2.05) is 0 Å². The van der Waals surface area contributed by atoms with Crippen LogP contribution in [0, 0.1) is 17.0 Å². The predicted molar refractivity (Wildman–Crippen MR) is 116 cm³/mol. The Hall–Kier alpha value is -2.98. The summed E-state index contributed by atoms with van der Waals surface area (Å²) in [4.78, 5) is 48.6. The fraction of sp³-hybridized carbons (Fsp3) is 0.350. The number of hydrogen-bond donors (Lipinski definition) is 1. The number of carbonyl (C=O) groups is 3. The Kier molecular flexibility index (Phi) is 7.75. The van der Waals surface area contributed by atoms with Gasteiger partial charge in [0.05, 0.1) is 22.7 Å². The van der Waals surface area contributed by atoms with E-state index in [1.54, 1.807) is 27.7 Å². The van der Waals surface area contributed by atoms with E-state index in [0.717, 1.165) is 17.4 Å². The predicted octanol–water partition coefficient (Wildman–Crippen LogP) is 5.00. The molecule has 11 heteroatoms. The molecule has 1 amide bonds. The van der Waals surface area contributed by atoms with Crippen molar-refractivity contribution < 1.29 is 28.8 Å². The number of rotatable bonds is 7. The number of ether oxygens (including phenoxy) is 2. The Morgan fingerprint density at radius 3 is 2.23 bits per heavy atom. The summed E-state index contributed by atoms with van der Waals surface area (Å²) in [7, 11) is 0. The smallest absolute Gasteiger partial charge is 0.348 e. The molecule has 1 heterocycles. The standard InChI is InChI=1S/C20H21ClN2O7S/c1-9(2)29-19(25)15-11(5)16(20(26)30-10(3)4)31-18(15)22-17(24)13-7-6-12(21)8-14(13)23(27)28/h6-10H,1-5H3,(H,22,24). The molecular weight excluding hydrogens is 448 g/mol. The number of halogens is 1. The van der Waals surface area contributed by atoms with Crippen molar-refractivity contribution in [1.29, 1.82) is 0 Å². The Balaban J connectivity index is 2.52. The number of amides is 1. The van der Waals surface area contributed by atoms with Crippen LogP contribution >= 0.6 is 22.9 Å². The van der Waals surface area contributed by atoms with Crippen molar-refractivity contribution >= 4 is 51.5 Å². The fourth-order valence-electron chi connectivity index (χ4n) is 2.60. The molecule has 0 radical (unpaired) electrons. The number of nitrogens with zero attached hydrogens (tertiary/aromatic N) is 1. The number of anilines is 1. The lowest BCUT2D eigenvalue weighted by Crippen LogP contribution is -2.18. The number of carbonyl (C=O) groups excluding carboxylic acids is 3. The Bertz CT molecular complexity index is 1050. The van der Waals surface area contributed by atoms with Crippen LogP contribution in [0.25, 0.3) is 0 Å². The number of thiophene rings is 1. The van der Waals surface area contributed by atoms with Crippen molar-refractivity contribution in [3.05, 3.63) is 54.9 Å². The molecule has 0 aliphatic heterocycles. The number of esters is 2. The average Bonchev–Trinajstić information content (AvgIpc) is 2.96. The summed E-state index contributed by atoms with van der Waals surface area (Å²) in [5, 5.41) is 13.9. The van der Waals surface area contributed by atoms with Gasteiger partial charge in [-0.2, -0.15) is 0 Å². The van der Waals surface area contributed by atoms with Gasteiger partial charge in [-0.1, -0.05) is 11.6 Å². The summed E-state index contributed by atoms with van der Waals surface area (Å²) in [6.45, 7) is 8.20. The Morgan fingerprint density at radius 1 is 1.10 bits per heavy atom. The highest BCUT2D eigenvalue weighted by Gasteiger charge is 2.30. The molecule has 166 valence electrons. The zero-order valence-electron chi connectivity index (χ0n) is 17.5. The maximum atomic E-state index is 12.8. The largest absolute Gasteiger partial charge is 0.459 e. The maximum absolute atomic E-state index is 12.8. The second kappa shape index (κ2) is 9.88. The number of nitrogens with one attached hydrogen (secondary N) is 1. The van der Waals surface area contributed by atoms with Crippen LogP contribution in [0.3, 0.4) is 0 Å². The third kappa shape index (κ3) is 5.80. The van der Waals surface area contributed by atoms with Crippen molar-refractivity contribution in [2.75, 3.05) is 5.32 Å². The van der Waals surface area contributed by atoms with E-state index in [0.29, 0.717) is 0 Å². The third-order valence-electron chi connectivity index (χ3n) is 3.85. The molecule has 0 saturated heterocycles. The molecule has 0 aliphatic rings. The lowest BCUT2D eigenvalue weighted by Gasteiger charge is -2.10. The molecule has 0 spiro atoms. The fourth-order valence-corrected chi connectivity index (χ4v) is 3.84. The van der Waals surface area contributed by atoms with Crippen LogP contribution in [0.2, 0.25) is 5.02 Å². The van der Waals surface area contributed by atoms with Gasteiger partial charge in [0, 0.05) is 11.1 Å². The third-order valence-corrected chi connectivity index (χ3v) is 5.27. The van der Waals surface area contributed by atoms with Crippen LogP contribution in [0.15, 0.2) is 18.2 Å². The highest BCUT2D eigenvalue weighted by atomic mass is 35.5. The lowest BCUT2D eigenvalue weighted by atomic mass is 10.1. The van der Waals surface area contributed by atoms with Crippen LogP contribution in [-0.2, 0) is 9.47 Å². The van der Waals surface area contributed by atoms with E-state index in [1.165, 1.54) is 19.1 Å². The van der Waals surface area contributed by atoms with Crippen molar-refractivity contribution in [3.63, 3.8) is 0 Å². The van der Waals surface area contributed by atoms with Gasteiger partial charge in [0.25, 0.3) is 11.6 Å². The van der Waals surface area contributed by atoms with E-state index in [4.69, 9.17) is 21.1 Å². The zero-order valence-corrected chi connectivity index (χ0v) is 19.1. The molecule has 31 heavy (non-hydrogen) atoms. The molecule has 1 N–H and O–H groups in total. The first-order valence-corrected chi connectivity index (χ1v) is 10.4. The molecule has 0 unspecified atom stereocenters. The summed E-state index contributed by atoms with van der Waals surface area (Å²) in [6.07, 6.45) is -0.839. The van der Waals surface area contributed by atoms with Gasteiger partial charge >= 0.3 is 11.9 Å². The number of hydrogen-bond acceptors (Lipinski definition) is 8. The normalized spacial score (nSPS) is 10.8. The highest BCUT2D eigenvalue weighted by molar-refractivity contribution is 7.18. The van der Waals surface area contributed by atoms with Gasteiger partial charge in [0.1, 0.15) is 15.4 Å². The Labute approximate surface area is 187 Å². The van der Waals surface area contributed by atoms with Gasteiger partial charge in [-0.15, -0.1) is 11.3 Å². The van der Waals surface area contributed by atoms with Gasteiger partial charge in [-0.05, 0) is 52.3 Å². The minimum atomic E-state index is -0.841. The average molecular weight is 469 g/mol. The zero-order chi connectivity index (χ0) is 23.5. The molecule has 0 fully saturated rings. The van der Waals surface area contributed by atoms with Crippen molar-refractivity contribution in [1.82, 2.24) is 0 Å². The summed E-state index contributed by atoms with van der Waals surface area (Å²) in [5.41, 5.74) is -0.486. The SMILES string of the molecule is Cc1c(C(=O)OC(C)C)sc(NC(=O)c2ccc(Cl)cc2[N+](=O)[O-])c1C(=O)OC(C)C. The van der Waals surface area contributed by atoms with Crippen LogP contribution in [-0.4, -0.2) is 35.0 Å². The van der Waals surface area contributed by atoms with Crippen LogP contribution in [0.5, 0.6) is 0 Å². The first-order chi connectivity index (χ1) is 14.4. The molecule has 1 aromatic heterocycles. The minimum Gasteiger partial charge on any atom is -0.459 e. The number of nitro benzene ring substituents is 1. The van der Waals surface area contributed by atoms with Gasteiger partial charge in [0.15, 0.2) is 0 Å². The monoisotopic (exact) mass is 468 g/mol. The summed E-state index contributed by atoms with van der Waals surface area (Å²) >= 11 is 6.62. The lowest BCUT2D eigenvalue weighted by molar-refractivity contribution is -0.385. The van der Waals surface area contributed by atoms with E-state index in [2.05, 4.69) is 5.32 Å². The summed E-state index contributed by atoms with van der Waals surface area (Å²) in [6, 6.07) is 3.59. The summed E-state index contributed by atoms with van der Waals surface area (Å²) < 4.78 is 10.4. The molecule has 2 rings (SSSR count). The summed E-state index contributed by atoms with van der Waals surface area (Å²) in [5.74, 6) is -2.24. The second-order valence-electron chi connectivity index (χ2n) is 7.04. The maximum Gasteiger partial charge on any atom is 0.348 e. The molecule has 0 atom stereocenters. The van der Waals surface area contributed by atoms with Gasteiger partial charge in [-0.3, -0.25) is 14.9 Å². The van der Waals surface area contributed by atoms with Crippen LogP contribution < -0.4 is 5.32 Å². The second-order valence-corrected chi connectivity index (χ2v) is 8.50. The van der Waals surface area contributed by atoms with E-state index in [-0.39, 0.29) is 31.6 Å². The highest BCUT2D eigenvalue weighted by Crippen LogP contribution is 2.35. The van der Waals surface area contributed by atoms with E-state index in [9.17, 15) is 24.5 Å².